The number of amides is 1. The first-order valence-corrected chi connectivity index (χ1v) is 13.6. The summed E-state index contributed by atoms with van der Waals surface area (Å²) >= 11 is 7.25. The summed E-state index contributed by atoms with van der Waals surface area (Å²) in [6.07, 6.45) is 0. The number of carbonyl (C=O) groups excluding carboxylic acids is 1. The molecule has 8 nitrogen and oxygen atoms in total. The maximum absolute atomic E-state index is 13.6. The fourth-order valence-corrected chi connectivity index (χ4v) is 6.47. The van der Waals surface area contributed by atoms with E-state index in [2.05, 4.69) is 5.32 Å². The number of sulfonamides is 1. The van der Waals surface area contributed by atoms with Gasteiger partial charge < -0.3 is 10.1 Å². The van der Waals surface area contributed by atoms with E-state index in [-0.39, 0.29) is 32.3 Å². The number of hydrogen-bond donors (Lipinski definition) is 1. The molecule has 1 aromatic heterocycles. The highest BCUT2D eigenvalue weighted by Gasteiger charge is 2.29. The lowest BCUT2D eigenvalue weighted by Crippen LogP contribution is -2.38. The van der Waals surface area contributed by atoms with E-state index in [1.54, 1.807) is 47.0 Å². The normalized spacial score (nSPS) is 11.6. The number of nitrogens with zero attached hydrogens (tertiary/aromatic N) is 2. The molecule has 4 aromatic rings. The van der Waals surface area contributed by atoms with E-state index in [0.717, 1.165) is 25.9 Å². The van der Waals surface area contributed by atoms with E-state index >= 15 is 0 Å². The van der Waals surface area contributed by atoms with Gasteiger partial charge in [-0.1, -0.05) is 41.1 Å². The van der Waals surface area contributed by atoms with Gasteiger partial charge in [-0.05, 0) is 62.4 Å². The molecule has 0 aliphatic rings. The Morgan fingerprint density at radius 1 is 1.11 bits per heavy atom. The minimum Gasteiger partial charge on any atom is -0.495 e. The molecule has 3 aromatic carbocycles. The van der Waals surface area contributed by atoms with Crippen molar-refractivity contribution in [1.82, 2.24) is 4.57 Å². The molecule has 0 aliphatic heterocycles. The molecule has 4 rings (SSSR count). The largest absolute Gasteiger partial charge is 0.495 e. The predicted octanol–water partition coefficient (Wildman–Crippen LogP) is 5.14. The second-order valence-electron chi connectivity index (χ2n) is 8.20. The van der Waals surface area contributed by atoms with Crippen LogP contribution in [-0.4, -0.2) is 32.5 Å². The number of rotatable bonds is 8. The van der Waals surface area contributed by atoms with E-state index in [1.807, 2.05) is 13.8 Å². The first-order valence-electron chi connectivity index (χ1n) is 11.0. The lowest BCUT2D eigenvalue weighted by atomic mass is 10.2. The van der Waals surface area contributed by atoms with Gasteiger partial charge in [0.05, 0.1) is 27.9 Å². The van der Waals surface area contributed by atoms with Crippen molar-refractivity contribution in [1.29, 1.82) is 0 Å². The molecule has 0 fully saturated rings. The molecule has 0 saturated carbocycles. The molecule has 1 amide bonds. The number of methoxy groups -OCH3 is 1. The second-order valence-corrected chi connectivity index (χ2v) is 11.5. The Bertz CT molecular complexity index is 1580. The number of carbonyl (C=O) groups is 1. The summed E-state index contributed by atoms with van der Waals surface area (Å²) < 4.78 is 35.9. The zero-order chi connectivity index (χ0) is 26.0. The van der Waals surface area contributed by atoms with Crippen LogP contribution in [0.1, 0.15) is 19.9 Å². The predicted molar refractivity (Wildman–Crippen MR) is 144 cm³/mol. The van der Waals surface area contributed by atoms with Gasteiger partial charge >= 0.3 is 4.87 Å². The molecule has 0 radical (unpaired) electrons. The topological polar surface area (TPSA) is 97.7 Å². The van der Waals surface area contributed by atoms with Gasteiger partial charge in [0.25, 0.3) is 10.0 Å². The zero-order valence-corrected chi connectivity index (χ0v) is 22.2. The fourth-order valence-electron chi connectivity index (χ4n) is 3.81. The van der Waals surface area contributed by atoms with Gasteiger partial charge in [-0.25, -0.2) is 8.42 Å². The fraction of sp³-hybridized carbons (Fsp3) is 0.200. The Morgan fingerprint density at radius 2 is 1.83 bits per heavy atom. The van der Waals surface area contributed by atoms with Crippen molar-refractivity contribution >= 4 is 60.5 Å². The SMILES string of the molecule is COc1ccc(Cl)cc1N(CC(=O)Nc1ccc2c(c1)sc(=O)n2C(C)C)S(=O)(=O)c1ccccc1. The molecule has 36 heavy (non-hydrogen) atoms. The number of anilines is 2. The summed E-state index contributed by atoms with van der Waals surface area (Å²) in [5.74, 6) is -0.334. The first-order chi connectivity index (χ1) is 17.1. The van der Waals surface area contributed by atoms with Crippen LogP contribution in [0.5, 0.6) is 5.75 Å². The maximum Gasteiger partial charge on any atom is 0.308 e. The molecule has 1 N–H and O–H groups in total. The third-order valence-electron chi connectivity index (χ3n) is 5.44. The Kier molecular flexibility index (Phi) is 7.39. The zero-order valence-electron chi connectivity index (χ0n) is 19.8. The Labute approximate surface area is 217 Å². The minimum atomic E-state index is -4.15. The monoisotopic (exact) mass is 545 g/mol. The molecule has 0 aliphatic carbocycles. The van der Waals surface area contributed by atoms with E-state index in [9.17, 15) is 18.0 Å². The van der Waals surface area contributed by atoms with Gasteiger partial charge in [0, 0.05) is 16.8 Å². The van der Waals surface area contributed by atoms with Gasteiger partial charge in [0.15, 0.2) is 0 Å². The smallest absolute Gasteiger partial charge is 0.308 e. The molecular weight excluding hydrogens is 522 g/mol. The van der Waals surface area contributed by atoms with Crippen molar-refractivity contribution < 1.29 is 17.9 Å². The third kappa shape index (κ3) is 5.11. The highest BCUT2D eigenvalue weighted by atomic mass is 35.5. The number of nitrogens with one attached hydrogen (secondary N) is 1. The molecule has 0 saturated heterocycles. The van der Waals surface area contributed by atoms with Crippen LogP contribution in [-0.2, 0) is 14.8 Å². The number of benzene rings is 3. The number of hydrogen-bond acceptors (Lipinski definition) is 6. The lowest BCUT2D eigenvalue weighted by Gasteiger charge is -2.26. The lowest BCUT2D eigenvalue weighted by molar-refractivity contribution is -0.114. The summed E-state index contributed by atoms with van der Waals surface area (Å²) in [6, 6.07) is 17.5. The molecule has 0 bridgehead atoms. The summed E-state index contributed by atoms with van der Waals surface area (Å²) in [7, 11) is -2.74. The second kappa shape index (κ2) is 10.3. The minimum absolute atomic E-state index is 0.00359. The van der Waals surface area contributed by atoms with E-state index in [0.29, 0.717) is 5.69 Å². The molecule has 1 heterocycles. The van der Waals surface area contributed by atoms with Crippen molar-refractivity contribution in [2.45, 2.75) is 24.8 Å². The van der Waals surface area contributed by atoms with Crippen molar-refractivity contribution in [3.05, 3.63) is 81.4 Å². The average molecular weight is 546 g/mol. The highest BCUT2D eigenvalue weighted by molar-refractivity contribution is 7.92. The standard InChI is InChI=1S/C25H24ClN3O5S2/c1-16(2)29-20-11-10-18(14-23(20)35-25(29)31)27-24(30)15-28(21-13-17(26)9-12-22(21)34-3)36(32,33)19-7-5-4-6-8-19/h4-14,16H,15H2,1-3H3,(H,27,30). The van der Waals surface area contributed by atoms with Crippen LogP contribution in [0.15, 0.2) is 76.4 Å². The average Bonchev–Trinajstić information content (AvgIpc) is 3.18. The van der Waals surface area contributed by atoms with E-state index in [4.69, 9.17) is 16.3 Å². The van der Waals surface area contributed by atoms with Crippen LogP contribution in [0.3, 0.4) is 0 Å². The number of thiazole rings is 1. The van der Waals surface area contributed by atoms with Crippen LogP contribution in [0.25, 0.3) is 10.2 Å². The Balaban J connectivity index is 1.69. The number of fused-ring (bicyclic) bond motifs is 1. The van der Waals surface area contributed by atoms with Gasteiger partial charge in [-0.2, -0.15) is 0 Å². The first kappa shape index (κ1) is 25.7. The molecule has 0 spiro atoms. The van der Waals surface area contributed by atoms with Crippen LogP contribution >= 0.6 is 22.9 Å². The molecule has 188 valence electrons. The van der Waals surface area contributed by atoms with Crippen molar-refractivity contribution in [2.75, 3.05) is 23.3 Å². The van der Waals surface area contributed by atoms with E-state index < -0.39 is 22.5 Å². The molecule has 0 unspecified atom stereocenters. The van der Waals surface area contributed by atoms with Gasteiger partial charge in [0.2, 0.25) is 5.91 Å². The van der Waals surface area contributed by atoms with Crippen molar-refractivity contribution in [3.63, 3.8) is 0 Å². The molecule has 11 heteroatoms. The number of aromatic nitrogens is 1. The Hall–Kier alpha value is -3.34. The van der Waals surface area contributed by atoms with Crippen LogP contribution < -0.4 is 19.2 Å². The van der Waals surface area contributed by atoms with E-state index in [1.165, 1.54) is 31.4 Å². The van der Waals surface area contributed by atoms with Gasteiger partial charge in [-0.3, -0.25) is 18.5 Å². The van der Waals surface area contributed by atoms with Crippen molar-refractivity contribution in [3.8, 4) is 5.75 Å². The van der Waals surface area contributed by atoms with Gasteiger partial charge in [-0.15, -0.1) is 0 Å². The third-order valence-corrected chi connectivity index (χ3v) is 8.37. The Morgan fingerprint density at radius 3 is 2.50 bits per heavy atom. The maximum atomic E-state index is 13.6. The summed E-state index contributed by atoms with van der Waals surface area (Å²) in [4.78, 5) is 25.4. The summed E-state index contributed by atoms with van der Waals surface area (Å²) in [6.45, 7) is 3.32. The molecular formula is C25H24ClN3O5S2. The summed E-state index contributed by atoms with van der Waals surface area (Å²) in [5, 5.41) is 3.03. The van der Waals surface area contributed by atoms with Gasteiger partial charge in [0.1, 0.15) is 12.3 Å². The van der Waals surface area contributed by atoms with Crippen LogP contribution in [0.4, 0.5) is 11.4 Å². The number of halogens is 1. The summed E-state index contributed by atoms with van der Waals surface area (Å²) in [5.41, 5.74) is 1.35. The van der Waals surface area contributed by atoms with Crippen molar-refractivity contribution in [2.24, 2.45) is 0 Å². The van der Waals surface area contributed by atoms with Crippen LogP contribution in [0.2, 0.25) is 5.02 Å². The number of ether oxygens (including phenoxy) is 1. The highest BCUT2D eigenvalue weighted by Crippen LogP contribution is 2.35. The quantitative estimate of drug-likeness (QED) is 0.330. The molecule has 0 atom stereocenters. The van der Waals surface area contributed by atoms with Crippen LogP contribution in [0, 0.1) is 0 Å².